The van der Waals surface area contributed by atoms with E-state index in [2.05, 4.69) is 0 Å². The van der Waals surface area contributed by atoms with Gasteiger partial charge in [0.2, 0.25) is 0 Å². The summed E-state index contributed by atoms with van der Waals surface area (Å²) in [6.07, 6.45) is 5.41. The number of hydrogen-bond donors (Lipinski definition) is 1. The lowest BCUT2D eigenvalue weighted by Gasteiger charge is -2.14. The molecule has 1 fully saturated rings. The van der Waals surface area contributed by atoms with Gasteiger partial charge in [0.15, 0.2) is 0 Å². The first kappa shape index (κ1) is 13.1. The Kier molecular flexibility index (Phi) is 4.34. The molecule has 0 saturated heterocycles. The number of ether oxygens (including phenoxy) is 2. The van der Waals surface area contributed by atoms with Gasteiger partial charge in [-0.2, -0.15) is 0 Å². The van der Waals surface area contributed by atoms with Gasteiger partial charge in [0.25, 0.3) is 0 Å². The average molecular weight is 249 g/mol. The third-order valence-corrected chi connectivity index (χ3v) is 3.23. The number of anilines is 1. The van der Waals surface area contributed by atoms with E-state index < -0.39 is 0 Å². The van der Waals surface area contributed by atoms with Crippen LogP contribution in [0.4, 0.5) is 5.69 Å². The van der Waals surface area contributed by atoms with Crippen LogP contribution in [0.1, 0.15) is 39.5 Å². The van der Waals surface area contributed by atoms with Crippen molar-refractivity contribution in [2.75, 3.05) is 12.3 Å². The van der Waals surface area contributed by atoms with E-state index in [4.69, 9.17) is 15.2 Å². The molecule has 2 rings (SSSR count). The summed E-state index contributed by atoms with van der Waals surface area (Å²) in [5, 5.41) is 0. The molecule has 100 valence electrons. The van der Waals surface area contributed by atoms with E-state index in [1.807, 2.05) is 32.0 Å². The predicted molar refractivity (Wildman–Crippen MR) is 74.1 cm³/mol. The van der Waals surface area contributed by atoms with Gasteiger partial charge in [-0.25, -0.2) is 0 Å². The second-order valence-electron chi connectivity index (χ2n) is 5.37. The summed E-state index contributed by atoms with van der Waals surface area (Å²) in [4.78, 5) is 0. The van der Waals surface area contributed by atoms with Crippen LogP contribution in [0.3, 0.4) is 0 Å². The Labute approximate surface area is 109 Å². The quantitative estimate of drug-likeness (QED) is 0.810. The molecule has 0 unspecified atom stereocenters. The zero-order valence-corrected chi connectivity index (χ0v) is 11.3. The summed E-state index contributed by atoms with van der Waals surface area (Å²) in [5.41, 5.74) is 6.55. The van der Waals surface area contributed by atoms with E-state index in [1.54, 1.807) is 0 Å². The molecule has 1 aliphatic carbocycles. The topological polar surface area (TPSA) is 44.5 Å². The highest BCUT2D eigenvalue weighted by Crippen LogP contribution is 2.28. The van der Waals surface area contributed by atoms with Crippen LogP contribution >= 0.6 is 0 Å². The Morgan fingerprint density at radius 2 is 1.83 bits per heavy atom. The van der Waals surface area contributed by atoms with E-state index in [-0.39, 0.29) is 6.10 Å². The van der Waals surface area contributed by atoms with Gasteiger partial charge in [0.1, 0.15) is 11.5 Å². The molecule has 1 aliphatic rings. The van der Waals surface area contributed by atoms with Crippen LogP contribution in [0, 0.1) is 5.92 Å². The van der Waals surface area contributed by atoms with Crippen LogP contribution in [-0.2, 0) is 0 Å². The lowest BCUT2D eigenvalue weighted by atomic mass is 10.1. The molecular formula is C15H23NO2. The zero-order chi connectivity index (χ0) is 13.0. The van der Waals surface area contributed by atoms with Crippen molar-refractivity contribution >= 4 is 5.69 Å². The molecule has 2 N–H and O–H groups in total. The summed E-state index contributed by atoms with van der Waals surface area (Å²) in [7, 11) is 0. The Balaban J connectivity index is 1.96. The third kappa shape index (κ3) is 3.83. The highest BCUT2D eigenvalue weighted by Gasteiger charge is 2.15. The molecule has 3 heteroatoms. The molecule has 0 radical (unpaired) electrons. The number of hydrogen-bond acceptors (Lipinski definition) is 3. The summed E-state index contributed by atoms with van der Waals surface area (Å²) in [5.74, 6) is 2.31. The van der Waals surface area contributed by atoms with Crippen molar-refractivity contribution in [3.8, 4) is 11.5 Å². The monoisotopic (exact) mass is 249 g/mol. The molecular weight excluding hydrogens is 226 g/mol. The Hall–Kier alpha value is -1.38. The first-order valence-electron chi connectivity index (χ1n) is 6.83. The molecule has 0 heterocycles. The van der Waals surface area contributed by atoms with E-state index >= 15 is 0 Å². The second kappa shape index (κ2) is 5.98. The van der Waals surface area contributed by atoms with Crippen LogP contribution in [0.5, 0.6) is 11.5 Å². The summed E-state index contributed by atoms with van der Waals surface area (Å²) in [6, 6.07) is 5.62. The molecule has 1 saturated carbocycles. The minimum atomic E-state index is 0.148. The molecule has 18 heavy (non-hydrogen) atoms. The first-order chi connectivity index (χ1) is 8.63. The molecule has 3 nitrogen and oxygen atoms in total. The molecule has 1 aromatic rings. The Bertz CT molecular complexity index is 384. The van der Waals surface area contributed by atoms with Crippen molar-refractivity contribution in [2.24, 2.45) is 5.92 Å². The van der Waals surface area contributed by atoms with Crippen molar-refractivity contribution in [1.82, 2.24) is 0 Å². The van der Waals surface area contributed by atoms with E-state index in [0.29, 0.717) is 11.6 Å². The molecule has 0 aliphatic heterocycles. The number of benzene rings is 1. The maximum absolute atomic E-state index is 5.86. The maximum Gasteiger partial charge on any atom is 0.125 e. The van der Waals surface area contributed by atoms with Crippen molar-refractivity contribution in [3.63, 3.8) is 0 Å². The van der Waals surface area contributed by atoms with Gasteiger partial charge in [-0.3, -0.25) is 0 Å². The van der Waals surface area contributed by atoms with Gasteiger partial charge in [-0.15, -0.1) is 0 Å². The third-order valence-electron chi connectivity index (χ3n) is 3.23. The van der Waals surface area contributed by atoms with E-state index in [9.17, 15) is 0 Å². The number of nitrogens with two attached hydrogens (primary N) is 1. The minimum absolute atomic E-state index is 0.148. The minimum Gasteiger partial charge on any atom is -0.493 e. The fourth-order valence-electron chi connectivity index (χ4n) is 2.41. The fourth-order valence-corrected chi connectivity index (χ4v) is 2.41. The van der Waals surface area contributed by atoms with Gasteiger partial charge in [0.05, 0.1) is 12.7 Å². The van der Waals surface area contributed by atoms with Crippen LogP contribution < -0.4 is 15.2 Å². The van der Waals surface area contributed by atoms with Gasteiger partial charge < -0.3 is 15.2 Å². The fraction of sp³-hybridized carbons (Fsp3) is 0.600. The Morgan fingerprint density at radius 3 is 2.50 bits per heavy atom. The molecule has 0 spiro atoms. The number of rotatable bonds is 5. The van der Waals surface area contributed by atoms with Gasteiger partial charge in [-0.1, -0.05) is 12.8 Å². The predicted octanol–water partition coefficient (Wildman–Crippen LogP) is 3.63. The largest absolute Gasteiger partial charge is 0.493 e. The van der Waals surface area contributed by atoms with Crippen LogP contribution in [0.15, 0.2) is 18.2 Å². The second-order valence-corrected chi connectivity index (χ2v) is 5.37. The molecule has 1 aromatic carbocycles. The van der Waals surface area contributed by atoms with Gasteiger partial charge in [-0.05, 0) is 32.6 Å². The van der Waals surface area contributed by atoms with Gasteiger partial charge in [0, 0.05) is 23.9 Å². The molecule has 0 atom stereocenters. The molecule has 0 bridgehead atoms. The van der Waals surface area contributed by atoms with Crippen molar-refractivity contribution in [2.45, 2.75) is 45.6 Å². The maximum atomic E-state index is 5.86. The summed E-state index contributed by atoms with van der Waals surface area (Å²) in [6.45, 7) is 4.80. The van der Waals surface area contributed by atoms with Crippen molar-refractivity contribution in [3.05, 3.63) is 18.2 Å². The lowest BCUT2D eigenvalue weighted by Crippen LogP contribution is -2.09. The Morgan fingerprint density at radius 1 is 1.17 bits per heavy atom. The summed E-state index contributed by atoms with van der Waals surface area (Å²) >= 11 is 0. The van der Waals surface area contributed by atoms with Crippen LogP contribution in [-0.4, -0.2) is 12.7 Å². The number of nitrogen functional groups attached to an aromatic ring is 1. The zero-order valence-electron chi connectivity index (χ0n) is 11.3. The molecule has 0 amide bonds. The average Bonchev–Trinajstić information content (AvgIpc) is 2.77. The standard InChI is InChI=1S/C15H23NO2/c1-11(2)18-15-8-13(16)7-14(9-15)17-10-12-5-3-4-6-12/h7-9,11-12H,3-6,10,16H2,1-2H3. The van der Waals surface area contributed by atoms with E-state index in [1.165, 1.54) is 25.7 Å². The smallest absolute Gasteiger partial charge is 0.125 e. The van der Waals surface area contributed by atoms with E-state index in [0.717, 1.165) is 18.1 Å². The van der Waals surface area contributed by atoms with Crippen LogP contribution in [0.2, 0.25) is 0 Å². The van der Waals surface area contributed by atoms with Crippen LogP contribution in [0.25, 0.3) is 0 Å². The molecule has 0 aromatic heterocycles. The highest BCUT2D eigenvalue weighted by atomic mass is 16.5. The first-order valence-corrected chi connectivity index (χ1v) is 6.83. The van der Waals surface area contributed by atoms with Gasteiger partial charge >= 0.3 is 0 Å². The van der Waals surface area contributed by atoms with Crippen molar-refractivity contribution in [1.29, 1.82) is 0 Å². The van der Waals surface area contributed by atoms with Crippen molar-refractivity contribution < 1.29 is 9.47 Å². The SMILES string of the molecule is CC(C)Oc1cc(N)cc(OCC2CCCC2)c1. The summed E-state index contributed by atoms with van der Waals surface area (Å²) < 4.78 is 11.5. The lowest BCUT2D eigenvalue weighted by molar-refractivity contribution is 0.234. The highest BCUT2D eigenvalue weighted by molar-refractivity contribution is 5.50. The normalized spacial score (nSPS) is 16.2.